The SMILES string of the molecule is CO[C@H]1C[C@@H]2CC[C@@H](C)[C@@](O)(O2)C(=O)C(=O)N2CCCC[C@H]2C(=O)O[C@H]([C@H](N)C[C@@H]2CC[C@H](n3cc(COC(=O)NCCOCCOCCOCCC(=O)NCCOCCOCCC(=O)NCCCCn4nc(-c5cc6cc(N)ccc6[nH]5)c5c(N)ncnc54)nn3)[C@H](OC)C2)C/C(=N/OCc2ccccc2)[C@H](C)/C=C(\C)[C@@H](O)[C@@H](O)C(=O)[C@H](C)C[C@H](C)/C=C/C=C/C=C/1C. The van der Waals surface area contributed by atoms with E-state index >= 15 is 4.79 Å². The Morgan fingerprint density at radius 1 is 0.746 bits per heavy atom. The lowest BCUT2D eigenvalue weighted by Gasteiger charge is -2.42. The van der Waals surface area contributed by atoms with Crippen molar-refractivity contribution in [1.82, 2.24) is 60.6 Å². The van der Waals surface area contributed by atoms with Crippen LogP contribution < -0.4 is 33.2 Å². The standard InChI is InChI=1S/C93H134N16O21/c1-59-19-11-9-12-20-60(2)77(120-7)53-70-27-24-64(6)93(119,130-70)87(115)90(116)107-35-17-15-23-76(107)91(117)129-78(54-73(105-128-56-65-21-13-10-14-22-65)61(3)48-63(5)85(113)86(114)84(112)62(4)47-59)71(95)49-66-25-29-75(79(50-66)121-8)109-55-69(103-106-109)57-127-92(118)99-34-40-125-44-46-126-45-42-123-38-31-81(111)98-33-39-124-43-41-122-37-30-80(110)97-32-16-18-36-108-89-82(88(96)100-58-101-89)83(104-108)74-52-67-51-68(94)26-28-72(67)102-74/h9-14,19-22,26,28,48,51-52,55,58-59,61-62,64,66,70-71,75-79,85-86,102,113-114,119H,15-18,23-25,27,29-47,49-50,53-54,56-57,94-95H2,1-8H3,(H,97,110)(H,98,111)(H,99,118)(H2,96,100,101)/b12-9+,19-11+,60-20+,63-48+,105-73-/t59-,61-,62-,64-,66+,70+,71-,75+,76+,77+,78+,79-,85-,86+,93-/m1/s1. The van der Waals surface area contributed by atoms with E-state index in [0.29, 0.717) is 137 Å². The van der Waals surface area contributed by atoms with Crippen LogP contribution in [0.2, 0.25) is 0 Å². The molecule has 4 aliphatic rings. The van der Waals surface area contributed by atoms with Crippen LogP contribution >= 0.6 is 0 Å². The number of methoxy groups -OCH3 is 2. The summed E-state index contributed by atoms with van der Waals surface area (Å²) in [6.07, 6.45) is 13.7. The first-order chi connectivity index (χ1) is 62.7. The van der Waals surface area contributed by atoms with E-state index < -0.39 is 102 Å². The van der Waals surface area contributed by atoms with Crippen LogP contribution in [0.4, 0.5) is 16.3 Å². The molecule has 2 aromatic carbocycles. The van der Waals surface area contributed by atoms with Crippen molar-refractivity contribution in [2.45, 2.75) is 225 Å². The first kappa shape index (κ1) is 102. The van der Waals surface area contributed by atoms with Crippen molar-refractivity contribution in [3.05, 3.63) is 126 Å². The quantitative estimate of drug-likeness (QED) is 0.00439. The van der Waals surface area contributed by atoms with Gasteiger partial charge in [-0.15, -0.1) is 5.10 Å². The summed E-state index contributed by atoms with van der Waals surface area (Å²) >= 11 is 0. The van der Waals surface area contributed by atoms with Crippen molar-refractivity contribution in [3.8, 4) is 11.4 Å². The summed E-state index contributed by atoms with van der Waals surface area (Å²) in [5, 5.41) is 63.7. The van der Waals surface area contributed by atoms with Crippen LogP contribution in [0.5, 0.6) is 0 Å². The number of allylic oxidation sites excluding steroid dienone is 6. The number of aromatic nitrogens is 8. The van der Waals surface area contributed by atoms with E-state index in [0.717, 1.165) is 40.6 Å². The third kappa shape index (κ3) is 30.4. The molecule has 3 aliphatic heterocycles. The fraction of sp³-hybridized carbons (Fsp3) is 0.602. The summed E-state index contributed by atoms with van der Waals surface area (Å²) in [7, 11) is 3.16. The van der Waals surface area contributed by atoms with Crippen molar-refractivity contribution in [1.29, 1.82) is 0 Å². The van der Waals surface area contributed by atoms with Crippen molar-refractivity contribution in [2.24, 2.45) is 40.5 Å². The summed E-state index contributed by atoms with van der Waals surface area (Å²) in [5.74, 6) is -8.39. The molecule has 712 valence electrons. The topological polar surface area (TPSA) is 502 Å². The molecule has 13 N–H and O–H groups in total. The first-order valence-corrected chi connectivity index (χ1v) is 45.4. The highest BCUT2D eigenvalue weighted by Crippen LogP contribution is 2.40. The van der Waals surface area contributed by atoms with E-state index in [1.807, 2.05) is 104 Å². The Morgan fingerprint density at radius 3 is 2.18 bits per heavy atom. The average molecular weight is 1810 g/mol. The second kappa shape index (κ2) is 52.1. The first-order valence-electron chi connectivity index (χ1n) is 45.4. The smallest absolute Gasteiger partial charge is 0.407 e. The van der Waals surface area contributed by atoms with E-state index in [-0.39, 0.29) is 140 Å². The van der Waals surface area contributed by atoms with Gasteiger partial charge in [-0.25, -0.2) is 28.9 Å². The Kier molecular flexibility index (Phi) is 40.8. The summed E-state index contributed by atoms with van der Waals surface area (Å²) in [4.78, 5) is 115. The number of ketones is 2. The number of piperidine rings is 1. The van der Waals surface area contributed by atoms with Crippen LogP contribution in [0.3, 0.4) is 0 Å². The lowest BCUT2D eigenvalue weighted by Crippen LogP contribution is -2.61. The number of carbonyl (C=O) groups is 7. The fourth-order valence-electron chi connectivity index (χ4n) is 16.7. The zero-order valence-corrected chi connectivity index (χ0v) is 76.2. The Morgan fingerprint density at radius 2 is 1.45 bits per heavy atom. The summed E-state index contributed by atoms with van der Waals surface area (Å²) in [5.41, 5.74) is 25.9. The molecule has 3 fully saturated rings. The zero-order chi connectivity index (χ0) is 93.1. The third-order valence-electron chi connectivity index (χ3n) is 24.2. The molecule has 0 radical (unpaired) electrons. The van der Waals surface area contributed by atoms with E-state index in [9.17, 15) is 44.1 Å². The average Bonchev–Trinajstić information content (AvgIpc) is 1.59. The second-order valence-corrected chi connectivity index (χ2v) is 34.2. The number of esters is 1. The maximum atomic E-state index is 15.1. The van der Waals surface area contributed by atoms with Gasteiger partial charge >= 0.3 is 12.1 Å². The van der Waals surface area contributed by atoms with E-state index in [1.165, 1.54) is 11.2 Å². The number of aliphatic hydroxyl groups excluding tert-OH is 2. The minimum Gasteiger partial charge on any atom is -0.459 e. The number of Topliss-reactive ketones (excluding diaryl/α,β-unsaturated/α-hetero) is 2. The van der Waals surface area contributed by atoms with Gasteiger partial charge in [-0.1, -0.05) is 105 Å². The molecule has 15 atom stereocenters. The minimum atomic E-state index is -2.51. The number of H-pyrrole nitrogens is 1. The molecule has 1 aliphatic carbocycles. The number of fused-ring (bicyclic) bond motifs is 5. The highest BCUT2D eigenvalue weighted by atomic mass is 16.6. The predicted octanol–water partition coefficient (Wildman–Crippen LogP) is 7.95. The van der Waals surface area contributed by atoms with Crippen molar-refractivity contribution >= 4 is 80.5 Å². The molecule has 4 amide bonds. The van der Waals surface area contributed by atoms with Crippen molar-refractivity contribution < 1.29 is 101 Å². The fourth-order valence-corrected chi connectivity index (χ4v) is 16.7. The monoisotopic (exact) mass is 1810 g/mol. The van der Waals surface area contributed by atoms with Gasteiger partial charge in [-0.3, -0.25) is 24.0 Å². The van der Waals surface area contributed by atoms with Gasteiger partial charge in [-0.05, 0) is 144 Å². The van der Waals surface area contributed by atoms with Crippen LogP contribution in [0, 0.1) is 29.6 Å². The van der Waals surface area contributed by atoms with Gasteiger partial charge in [0.1, 0.15) is 61.1 Å². The molecule has 10 rings (SSSR count). The van der Waals surface area contributed by atoms with E-state index in [4.69, 9.17) is 74.5 Å². The number of unbranched alkanes of at least 4 members (excludes halogenated alkanes) is 1. The van der Waals surface area contributed by atoms with Gasteiger partial charge in [0.15, 0.2) is 11.4 Å². The van der Waals surface area contributed by atoms with Gasteiger partial charge in [0.05, 0.1) is 113 Å². The van der Waals surface area contributed by atoms with Gasteiger partial charge in [0, 0.05) is 113 Å². The molecule has 0 spiro atoms. The molecule has 37 heteroatoms. The number of ether oxygens (including phenoxy) is 10. The molecule has 4 aromatic heterocycles. The van der Waals surface area contributed by atoms with Gasteiger partial charge < -0.3 is 111 Å². The van der Waals surface area contributed by atoms with Crippen molar-refractivity contribution in [2.75, 3.05) is 118 Å². The molecule has 37 nitrogen and oxygen atoms in total. The lowest BCUT2D eigenvalue weighted by atomic mass is 9.79. The number of rotatable bonds is 38. The number of amides is 4. The number of benzene rings is 2. The number of oxime groups is 1. The maximum absolute atomic E-state index is 15.1. The Bertz CT molecular complexity index is 4790. The molecule has 2 bridgehead atoms. The normalized spacial score (nSPS) is 26.3. The van der Waals surface area contributed by atoms with Crippen LogP contribution in [0.25, 0.3) is 33.3 Å². The highest BCUT2D eigenvalue weighted by molar-refractivity contribution is 6.39. The molecular formula is C93H134N16O21. The Labute approximate surface area is 759 Å². The molecular weight excluding hydrogens is 1680 g/mol. The van der Waals surface area contributed by atoms with Crippen LogP contribution in [-0.4, -0.2) is 268 Å². The third-order valence-corrected chi connectivity index (χ3v) is 24.2. The zero-order valence-electron chi connectivity index (χ0n) is 76.2. The number of cyclic esters (lactones) is 1. The van der Waals surface area contributed by atoms with Crippen molar-refractivity contribution in [3.63, 3.8) is 0 Å². The number of anilines is 2. The molecule has 130 heavy (non-hydrogen) atoms. The summed E-state index contributed by atoms with van der Waals surface area (Å²) < 4.78 is 61.7. The summed E-state index contributed by atoms with van der Waals surface area (Å²) in [6, 6.07) is 14.5. The summed E-state index contributed by atoms with van der Waals surface area (Å²) in [6.45, 7) is 14.7. The number of aromatic amines is 1. The number of aliphatic hydroxyl groups is 3. The number of nitrogen functional groups attached to an aromatic ring is 2. The van der Waals surface area contributed by atoms with Crippen LogP contribution in [0.15, 0.2) is 120 Å². The number of alkyl carbamates (subject to hydrolysis) is 1. The van der Waals surface area contributed by atoms with Gasteiger partial charge in [0.25, 0.3) is 11.7 Å². The molecule has 1 saturated carbocycles. The van der Waals surface area contributed by atoms with Gasteiger partial charge in [-0.2, -0.15) is 5.10 Å². The predicted molar refractivity (Wildman–Crippen MR) is 484 cm³/mol. The number of nitrogens with zero attached hydrogens (tertiary/aromatic N) is 9. The molecule has 2 saturated heterocycles. The van der Waals surface area contributed by atoms with E-state index in [2.05, 4.69) is 46.4 Å². The Hall–Kier alpha value is -10.3. The number of nitrogens with one attached hydrogen (secondary N) is 4. The largest absolute Gasteiger partial charge is 0.459 e. The Balaban J connectivity index is 0.619. The van der Waals surface area contributed by atoms with Gasteiger partial charge in [0.2, 0.25) is 17.6 Å². The van der Waals surface area contributed by atoms with Crippen LogP contribution in [-0.2, 0) is 101 Å². The number of hydrogen-bond donors (Lipinski definition) is 10. The number of aryl methyl sites for hydroxylation is 1. The number of carbonyl (C=O) groups excluding carboxylic acids is 7. The highest BCUT2D eigenvalue weighted by Gasteiger charge is 2.53. The lowest BCUT2D eigenvalue weighted by molar-refractivity contribution is -0.265. The van der Waals surface area contributed by atoms with E-state index in [1.54, 1.807) is 58.9 Å². The number of nitrogens with two attached hydrogens (primary N) is 3. The van der Waals surface area contributed by atoms with Crippen LogP contribution in [0.1, 0.15) is 162 Å². The number of hydrogen-bond acceptors (Lipinski definition) is 30. The maximum Gasteiger partial charge on any atom is 0.407 e. The molecule has 7 heterocycles. The second-order valence-electron chi connectivity index (χ2n) is 34.2. The minimum absolute atomic E-state index is 0.0129. The molecule has 0 unspecified atom stereocenters. The molecule has 6 aromatic rings.